The zero-order valence-corrected chi connectivity index (χ0v) is 12.5. The molecule has 1 aromatic carbocycles. The minimum atomic E-state index is -0.156. The second-order valence-electron chi connectivity index (χ2n) is 5.52. The molecule has 2 aliphatic heterocycles. The third-order valence-corrected chi connectivity index (χ3v) is 4.23. The van der Waals surface area contributed by atoms with Crippen molar-refractivity contribution in [1.29, 1.82) is 0 Å². The van der Waals surface area contributed by atoms with Crippen LogP contribution in [0.2, 0.25) is 0 Å². The fourth-order valence-corrected chi connectivity index (χ4v) is 3.05. The number of aromatic nitrogens is 1. The maximum Gasteiger partial charge on any atom is 0.256 e. The van der Waals surface area contributed by atoms with Crippen molar-refractivity contribution >= 4 is 29.2 Å². The smallest absolute Gasteiger partial charge is 0.256 e. The van der Waals surface area contributed by atoms with E-state index in [1.807, 2.05) is 18.2 Å². The summed E-state index contributed by atoms with van der Waals surface area (Å²) in [5, 5.41) is 5.65. The lowest BCUT2D eigenvalue weighted by Crippen LogP contribution is -2.31. The van der Waals surface area contributed by atoms with Gasteiger partial charge in [0, 0.05) is 29.7 Å². The zero-order valence-electron chi connectivity index (χ0n) is 12.5. The molecule has 0 saturated heterocycles. The van der Waals surface area contributed by atoms with Gasteiger partial charge in [0.05, 0.1) is 18.2 Å². The van der Waals surface area contributed by atoms with Crippen molar-refractivity contribution in [2.75, 3.05) is 19.0 Å². The maximum atomic E-state index is 12.3. The normalized spacial score (nSPS) is 17.5. The fourth-order valence-electron chi connectivity index (χ4n) is 3.05. The van der Waals surface area contributed by atoms with Gasteiger partial charge in [0.15, 0.2) is 0 Å². The molecule has 2 amide bonds. The Kier molecular flexibility index (Phi) is 2.97. The average molecular weight is 309 g/mol. The predicted octanol–water partition coefficient (Wildman–Crippen LogP) is 1.80. The average Bonchev–Trinajstić information content (AvgIpc) is 3.10. The number of amides is 2. The van der Waals surface area contributed by atoms with E-state index in [0.29, 0.717) is 23.4 Å². The molecular formula is C17H15N3O3. The van der Waals surface area contributed by atoms with Crippen molar-refractivity contribution in [3.05, 3.63) is 46.8 Å². The summed E-state index contributed by atoms with van der Waals surface area (Å²) in [6.45, 7) is 0.608. The van der Waals surface area contributed by atoms with E-state index in [2.05, 4.69) is 15.6 Å². The topological polar surface area (TPSA) is 83.2 Å². The summed E-state index contributed by atoms with van der Waals surface area (Å²) in [6, 6.07) is 5.47. The number of carbonyl (C=O) groups is 2. The van der Waals surface area contributed by atoms with Gasteiger partial charge in [0.1, 0.15) is 5.75 Å². The van der Waals surface area contributed by atoms with Crippen molar-refractivity contribution < 1.29 is 14.3 Å². The van der Waals surface area contributed by atoms with Crippen LogP contribution >= 0.6 is 0 Å². The minimum Gasteiger partial charge on any atom is -0.497 e. The van der Waals surface area contributed by atoms with Crippen molar-refractivity contribution in [1.82, 2.24) is 10.3 Å². The predicted molar refractivity (Wildman–Crippen MR) is 86.3 cm³/mol. The lowest BCUT2D eigenvalue weighted by Gasteiger charge is -2.12. The van der Waals surface area contributed by atoms with Crippen LogP contribution < -0.4 is 15.4 Å². The molecule has 3 N–H and O–H groups in total. The van der Waals surface area contributed by atoms with Gasteiger partial charge in [-0.1, -0.05) is 0 Å². The van der Waals surface area contributed by atoms with Gasteiger partial charge in [-0.05, 0) is 36.3 Å². The molecule has 0 unspecified atom stereocenters. The first kappa shape index (κ1) is 13.6. The van der Waals surface area contributed by atoms with Crippen LogP contribution in [0.15, 0.2) is 24.4 Å². The zero-order chi connectivity index (χ0) is 16.0. The van der Waals surface area contributed by atoms with Gasteiger partial charge in [-0.3, -0.25) is 9.59 Å². The highest BCUT2D eigenvalue weighted by Gasteiger charge is 2.26. The van der Waals surface area contributed by atoms with E-state index in [1.165, 1.54) is 0 Å². The first-order valence-corrected chi connectivity index (χ1v) is 7.37. The maximum absolute atomic E-state index is 12.3. The molecule has 0 saturated carbocycles. The summed E-state index contributed by atoms with van der Waals surface area (Å²) in [4.78, 5) is 27.2. The number of benzene rings is 1. The molecule has 116 valence electrons. The van der Waals surface area contributed by atoms with E-state index >= 15 is 0 Å². The van der Waals surface area contributed by atoms with E-state index in [0.717, 1.165) is 28.9 Å². The van der Waals surface area contributed by atoms with Gasteiger partial charge < -0.3 is 20.4 Å². The van der Waals surface area contributed by atoms with Crippen LogP contribution in [0.4, 0.5) is 5.69 Å². The standard InChI is InChI=1S/C17H15N3O3/c1-23-9-2-3-14-11(6-9)12(17(22)20-14)7-15-10-4-5-18-16(21)13(10)8-19-15/h2-3,6-8,19H,4-5H2,1H3,(H,18,21)(H,20,22)/b12-7-. The van der Waals surface area contributed by atoms with E-state index in [-0.39, 0.29) is 11.8 Å². The number of hydrogen-bond acceptors (Lipinski definition) is 3. The Hall–Kier alpha value is -3.02. The molecule has 6 nitrogen and oxygen atoms in total. The molecular weight excluding hydrogens is 294 g/mol. The highest BCUT2D eigenvalue weighted by Crippen LogP contribution is 2.36. The Morgan fingerprint density at radius 2 is 2.04 bits per heavy atom. The minimum absolute atomic E-state index is 0.0786. The summed E-state index contributed by atoms with van der Waals surface area (Å²) >= 11 is 0. The van der Waals surface area contributed by atoms with Gasteiger partial charge in [-0.2, -0.15) is 0 Å². The highest BCUT2D eigenvalue weighted by atomic mass is 16.5. The molecule has 0 radical (unpaired) electrons. The quantitative estimate of drug-likeness (QED) is 0.740. The first-order chi connectivity index (χ1) is 11.2. The molecule has 0 fully saturated rings. The number of hydrogen-bond donors (Lipinski definition) is 3. The van der Waals surface area contributed by atoms with Gasteiger partial charge in [0.25, 0.3) is 11.8 Å². The molecule has 2 aromatic rings. The van der Waals surface area contributed by atoms with Gasteiger partial charge >= 0.3 is 0 Å². The van der Waals surface area contributed by atoms with Crippen LogP contribution in [-0.2, 0) is 11.2 Å². The van der Waals surface area contributed by atoms with E-state index in [4.69, 9.17) is 4.74 Å². The molecule has 6 heteroatoms. The number of carbonyl (C=O) groups excluding carboxylic acids is 2. The van der Waals surface area contributed by atoms with Gasteiger partial charge in [0.2, 0.25) is 0 Å². The van der Waals surface area contributed by atoms with Crippen molar-refractivity contribution in [2.24, 2.45) is 0 Å². The number of methoxy groups -OCH3 is 1. The van der Waals surface area contributed by atoms with Gasteiger partial charge in [-0.15, -0.1) is 0 Å². The number of fused-ring (bicyclic) bond motifs is 2. The lowest BCUT2D eigenvalue weighted by molar-refractivity contribution is -0.110. The monoisotopic (exact) mass is 309 g/mol. The Morgan fingerprint density at radius 1 is 1.17 bits per heavy atom. The van der Waals surface area contributed by atoms with Crippen LogP contribution in [0.25, 0.3) is 11.6 Å². The van der Waals surface area contributed by atoms with Crippen LogP contribution in [-0.4, -0.2) is 30.5 Å². The molecule has 0 bridgehead atoms. The Morgan fingerprint density at radius 3 is 2.87 bits per heavy atom. The second kappa shape index (κ2) is 5.01. The third-order valence-electron chi connectivity index (χ3n) is 4.23. The summed E-state index contributed by atoms with van der Waals surface area (Å²) in [5.41, 5.74) is 4.53. The molecule has 3 heterocycles. The van der Waals surface area contributed by atoms with E-state index < -0.39 is 0 Å². The van der Waals surface area contributed by atoms with Crippen molar-refractivity contribution in [3.63, 3.8) is 0 Å². The summed E-state index contributed by atoms with van der Waals surface area (Å²) in [7, 11) is 1.59. The number of aromatic amines is 1. The van der Waals surface area contributed by atoms with Crippen LogP contribution in [0, 0.1) is 0 Å². The number of H-pyrrole nitrogens is 1. The number of ether oxygens (including phenoxy) is 1. The molecule has 23 heavy (non-hydrogen) atoms. The van der Waals surface area contributed by atoms with E-state index in [1.54, 1.807) is 19.4 Å². The molecule has 1 aromatic heterocycles. The SMILES string of the molecule is COc1ccc2c(c1)/C(=C/c1[nH]cc3c1CCNC3=O)C(=O)N2. The van der Waals surface area contributed by atoms with Crippen molar-refractivity contribution in [3.8, 4) is 5.75 Å². The third kappa shape index (κ3) is 2.11. The number of rotatable bonds is 2. The Labute approximate surface area is 132 Å². The number of nitrogens with one attached hydrogen (secondary N) is 3. The highest BCUT2D eigenvalue weighted by molar-refractivity contribution is 6.35. The molecule has 0 atom stereocenters. The largest absolute Gasteiger partial charge is 0.497 e. The molecule has 0 aliphatic carbocycles. The Bertz CT molecular complexity index is 864. The van der Waals surface area contributed by atoms with Gasteiger partial charge in [-0.25, -0.2) is 0 Å². The molecule has 4 rings (SSSR count). The second-order valence-corrected chi connectivity index (χ2v) is 5.52. The van der Waals surface area contributed by atoms with E-state index in [9.17, 15) is 9.59 Å². The number of anilines is 1. The summed E-state index contributed by atoms with van der Waals surface area (Å²) < 4.78 is 5.24. The fraction of sp³-hybridized carbons (Fsp3) is 0.176. The lowest BCUT2D eigenvalue weighted by atomic mass is 10.00. The van der Waals surface area contributed by atoms with Crippen LogP contribution in [0.3, 0.4) is 0 Å². The summed E-state index contributed by atoms with van der Waals surface area (Å²) in [5.74, 6) is 0.459. The first-order valence-electron chi connectivity index (χ1n) is 7.37. The molecule has 0 spiro atoms. The molecule has 2 aliphatic rings. The summed E-state index contributed by atoms with van der Waals surface area (Å²) in [6.07, 6.45) is 4.24. The van der Waals surface area contributed by atoms with Crippen molar-refractivity contribution in [2.45, 2.75) is 6.42 Å². The Balaban J connectivity index is 1.81. The van der Waals surface area contributed by atoms with Crippen LogP contribution in [0.1, 0.15) is 27.2 Å². The van der Waals surface area contributed by atoms with Crippen LogP contribution in [0.5, 0.6) is 5.75 Å².